The molecule has 1 saturated carbocycles. The van der Waals surface area contributed by atoms with Crippen molar-refractivity contribution in [1.29, 1.82) is 0 Å². The van der Waals surface area contributed by atoms with E-state index in [0.29, 0.717) is 11.9 Å². The van der Waals surface area contributed by atoms with Gasteiger partial charge in [0, 0.05) is 22.5 Å². The number of hydrogen-bond donors (Lipinski definition) is 1. The van der Waals surface area contributed by atoms with E-state index in [1.165, 1.54) is 4.90 Å². The molecule has 0 spiro atoms. The van der Waals surface area contributed by atoms with Crippen LogP contribution >= 0.6 is 11.8 Å². The number of likely N-dealkylation sites (N-methyl/N-ethyl adjacent to an activating group) is 1. The lowest BCUT2D eigenvalue weighted by molar-refractivity contribution is -0.151. The van der Waals surface area contributed by atoms with Crippen molar-refractivity contribution in [3.05, 3.63) is 24.5 Å². The summed E-state index contributed by atoms with van der Waals surface area (Å²) in [5, 5.41) is 3.80. The first kappa shape index (κ1) is 15.3. The molecule has 0 bridgehead atoms. The second-order valence-electron chi connectivity index (χ2n) is 5.00. The summed E-state index contributed by atoms with van der Waals surface area (Å²) in [6.45, 7) is 5.11. The first-order valence-corrected chi connectivity index (χ1v) is 8.07. The van der Waals surface area contributed by atoms with Crippen LogP contribution in [0.15, 0.2) is 29.4 Å². The number of pyridine rings is 1. The Balaban J connectivity index is 2.02. The van der Waals surface area contributed by atoms with E-state index in [2.05, 4.69) is 10.3 Å². The molecule has 1 N–H and O–H groups in total. The standard InChI is InChI=1S/C15H22N2O2S/c1-3-17-15(14(18)19-4-2)8-5-13(11-15)20-12-6-9-16-10-7-12/h6-7,9-10,13,17H,3-5,8,11H2,1-2H3. The van der Waals surface area contributed by atoms with E-state index < -0.39 is 5.54 Å². The molecule has 0 amide bonds. The van der Waals surface area contributed by atoms with Gasteiger partial charge in [0.2, 0.25) is 0 Å². The topological polar surface area (TPSA) is 51.2 Å². The number of nitrogens with one attached hydrogen (secondary N) is 1. The zero-order valence-corrected chi connectivity index (χ0v) is 12.9. The molecule has 1 aromatic heterocycles. The van der Waals surface area contributed by atoms with Gasteiger partial charge in [0.25, 0.3) is 0 Å². The van der Waals surface area contributed by atoms with E-state index in [-0.39, 0.29) is 5.97 Å². The quantitative estimate of drug-likeness (QED) is 0.817. The van der Waals surface area contributed by atoms with Crippen LogP contribution in [0.2, 0.25) is 0 Å². The second-order valence-corrected chi connectivity index (χ2v) is 6.37. The SMILES string of the molecule is CCNC1(C(=O)OCC)CCC(Sc2ccncc2)C1. The fourth-order valence-corrected chi connectivity index (χ4v) is 4.00. The van der Waals surface area contributed by atoms with Crippen molar-refractivity contribution in [3.8, 4) is 0 Å². The first-order valence-electron chi connectivity index (χ1n) is 7.19. The molecule has 110 valence electrons. The highest BCUT2D eigenvalue weighted by Crippen LogP contribution is 2.40. The van der Waals surface area contributed by atoms with Crippen molar-refractivity contribution < 1.29 is 9.53 Å². The van der Waals surface area contributed by atoms with Gasteiger partial charge in [-0.1, -0.05) is 6.92 Å². The average molecular weight is 294 g/mol. The number of rotatable bonds is 6. The van der Waals surface area contributed by atoms with Gasteiger partial charge in [-0.2, -0.15) is 0 Å². The molecule has 2 rings (SSSR count). The molecule has 1 aliphatic carbocycles. The summed E-state index contributed by atoms with van der Waals surface area (Å²) >= 11 is 1.83. The minimum absolute atomic E-state index is 0.0975. The zero-order chi connectivity index (χ0) is 14.4. The highest BCUT2D eigenvalue weighted by Gasteiger charge is 2.46. The number of ether oxygens (including phenoxy) is 1. The van der Waals surface area contributed by atoms with Crippen LogP contribution in [0.3, 0.4) is 0 Å². The molecule has 0 aliphatic heterocycles. The number of esters is 1. The van der Waals surface area contributed by atoms with Gasteiger partial charge in [-0.3, -0.25) is 9.78 Å². The Kier molecular flexibility index (Phi) is 5.43. The summed E-state index contributed by atoms with van der Waals surface area (Å²) in [4.78, 5) is 17.5. The van der Waals surface area contributed by atoms with Gasteiger partial charge >= 0.3 is 5.97 Å². The molecular formula is C15H22N2O2S. The Morgan fingerprint density at radius 2 is 2.25 bits per heavy atom. The van der Waals surface area contributed by atoms with Gasteiger partial charge in [0.05, 0.1) is 6.61 Å². The molecule has 1 aliphatic rings. The third-order valence-electron chi connectivity index (χ3n) is 3.60. The summed E-state index contributed by atoms with van der Waals surface area (Å²) < 4.78 is 5.26. The molecule has 1 aromatic rings. The number of hydrogen-bond acceptors (Lipinski definition) is 5. The zero-order valence-electron chi connectivity index (χ0n) is 12.1. The summed E-state index contributed by atoms with van der Waals surface area (Å²) in [6, 6.07) is 4.03. The summed E-state index contributed by atoms with van der Waals surface area (Å²) in [5.41, 5.74) is -0.491. The average Bonchev–Trinajstić information content (AvgIpc) is 2.85. The van der Waals surface area contributed by atoms with E-state index in [0.717, 1.165) is 25.8 Å². The van der Waals surface area contributed by atoms with Crippen LogP contribution in [-0.4, -0.2) is 34.9 Å². The largest absolute Gasteiger partial charge is 0.465 e. The number of carbonyl (C=O) groups is 1. The lowest BCUT2D eigenvalue weighted by Crippen LogP contribution is -2.51. The smallest absolute Gasteiger partial charge is 0.326 e. The molecule has 0 aromatic carbocycles. The molecule has 4 nitrogen and oxygen atoms in total. The minimum Gasteiger partial charge on any atom is -0.465 e. The second kappa shape index (κ2) is 7.09. The third-order valence-corrected chi connectivity index (χ3v) is 4.88. The highest BCUT2D eigenvalue weighted by molar-refractivity contribution is 8.00. The maximum atomic E-state index is 12.3. The van der Waals surface area contributed by atoms with Crippen molar-refractivity contribution in [2.45, 2.75) is 48.8 Å². The number of carbonyl (C=O) groups excluding carboxylic acids is 1. The fourth-order valence-electron chi connectivity index (χ4n) is 2.74. The van der Waals surface area contributed by atoms with Crippen molar-refractivity contribution in [2.24, 2.45) is 0 Å². The van der Waals surface area contributed by atoms with Crippen LogP contribution in [-0.2, 0) is 9.53 Å². The summed E-state index contributed by atoms with van der Waals surface area (Å²) in [6.07, 6.45) is 6.31. The van der Waals surface area contributed by atoms with E-state index in [9.17, 15) is 4.79 Å². The molecule has 1 fully saturated rings. The van der Waals surface area contributed by atoms with Crippen molar-refractivity contribution in [2.75, 3.05) is 13.2 Å². The lowest BCUT2D eigenvalue weighted by Gasteiger charge is -2.27. The number of thioether (sulfide) groups is 1. The molecule has 0 radical (unpaired) electrons. The normalized spacial score (nSPS) is 25.6. The van der Waals surface area contributed by atoms with Crippen LogP contribution in [0.1, 0.15) is 33.1 Å². The summed E-state index contributed by atoms with van der Waals surface area (Å²) in [7, 11) is 0. The molecule has 20 heavy (non-hydrogen) atoms. The Labute approximate surface area is 124 Å². The molecule has 2 unspecified atom stereocenters. The molecule has 0 saturated heterocycles. The van der Waals surface area contributed by atoms with Gasteiger partial charge in [0.1, 0.15) is 5.54 Å². The van der Waals surface area contributed by atoms with E-state index >= 15 is 0 Å². The van der Waals surface area contributed by atoms with E-state index in [1.54, 1.807) is 12.4 Å². The van der Waals surface area contributed by atoms with Gasteiger partial charge in [-0.05, 0) is 44.9 Å². The van der Waals surface area contributed by atoms with E-state index in [4.69, 9.17) is 4.74 Å². The van der Waals surface area contributed by atoms with Gasteiger partial charge in [-0.25, -0.2) is 0 Å². The Morgan fingerprint density at radius 3 is 2.90 bits per heavy atom. The maximum absolute atomic E-state index is 12.3. The maximum Gasteiger partial charge on any atom is 0.326 e. The van der Waals surface area contributed by atoms with Crippen LogP contribution in [0.4, 0.5) is 0 Å². The minimum atomic E-state index is -0.491. The molecule has 2 atom stereocenters. The van der Waals surface area contributed by atoms with Crippen LogP contribution in [0.25, 0.3) is 0 Å². The summed E-state index contributed by atoms with van der Waals surface area (Å²) in [5.74, 6) is -0.0975. The Hall–Kier alpha value is -1.07. The van der Waals surface area contributed by atoms with E-state index in [1.807, 2.05) is 37.7 Å². The number of aromatic nitrogens is 1. The van der Waals surface area contributed by atoms with Crippen molar-refractivity contribution in [1.82, 2.24) is 10.3 Å². The van der Waals surface area contributed by atoms with Gasteiger partial charge in [0.15, 0.2) is 0 Å². The Bertz CT molecular complexity index is 441. The Morgan fingerprint density at radius 1 is 1.50 bits per heavy atom. The fraction of sp³-hybridized carbons (Fsp3) is 0.600. The molecule has 1 heterocycles. The third kappa shape index (κ3) is 3.52. The molecule has 5 heteroatoms. The van der Waals surface area contributed by atoms with Crippen molar-refractivity contribution in [3.63, 3.8) is 0 Å². The van der Waals surface area contributed by atoms with Gasteiger partial charge in [-0.15, -0.1) is 11.8 Å². The first-order chi connectivity index (χ1) is 9.70. The van der Waals surface area contributed by atoms with Crippen LogP contribution in [0, 0.1) is 0 Å². The van der Waals surface area contributed by atoms with Crippen molar-refractivity contribution >= 4 is 17.7 Å². The predicted molar refractivity (Wildman–Crippen MR) is 80.8 cm³/mol. The van der Waals surface area contributed by atoms with Crippen LogP contribution < -0.4 is 5.32 Å². The van der Waals surface area contributed by atoms with Gasteiger partial charge < -0.3 is 10.1 Å². The lowest BCUT2D eigenvalue weighted by atomic mass is 9.98. The number of nitrogens with zero attached hydrogens (tertiary/aromatic N) is 1. The van der Waals surface area contributed by atoms with Crippen LogP contribution in [0.5, 0.6) is 0 Å². The highest BCUT2D eigenvalue weighted by atomic mass is 32.2. The monoisotopic (exact) mass is 294 g/mol. The predicted octanol–water partition coefficient (Wildman–Crippen LogP) is 2.64. The molecular weight excluding hydrogens is 272 g/mol.